The Bertz CT molecular complexity index is 600. The lowest BCUT2D eigenvalue weighted by molar-refractivity contribution is -0.184. The maximum atomic E-state index is 13.4. The number of hydrogen-bond acceptors (Lipinski definition) is 3. The standard InChI is InChI=1S/C20H28F3N3O.ClH/c21-20(22,23)18(26-12-10-24-11-13-26)14-25-19(27)17-8-6-16(7-9-17)15-4-2-1-3-5-15;/h1-5,16-18,24H,6-14H2,(H,25,27);1H. The second-order valence-electron chi connectivity index (χ2n) is 7.55. The van der Waals surface area contributed by atoms with Crippen molar-refractivity contribution in [3.63, 3.8) is 0 Å². The van der Waals surface area contributed by atoms with Crippen LogP contribution in [0.5, 0.6) is 0 Å². The largest absolute Gasteiger partial charge is 0.405 e. The number of nitrogens with one attached hydrogen (secondary N) is 2. The van der Waals surface area contributed by atoms with Crippen LogP contribution in [0.15, 0.2) is 30.3 Å². The van der Waals surface area contributed by atoms with Gasteiger partial charge in [0.2, 0.25) is 5.91 Å². The zero-order chi connectivity index (χ0) is 19.3. The van der Waals surface area contributed by atoms with Crippen LogP contribution in [0.1, 0.15) is 37.2 Å². The van der Waals surface area contributed by atoms with Crippen LogP contribution in [0, 0.1) is 5.92 Å². The van der Waals surface area contributed by atoms with Crippen LogP contribution in [-0.4, -0.2) is 55.7 Å². The van der Waals surface area contributed by atoms with Crippen molar-refractivity contribution in [1.82, 2.24) is 15.5 Å². The molecule has 1 unspecified atom stereocenters. The van der Waals surface area contributed by atoms with Crippen LogP contribution < -0.4 is 10.6 Å². The normalized spacial score (nSPS) is 24.8. The first-order chi connectivity index (χ1) is 12.9. The molecule has 1 atom stereocenters. The summed E-state index contributed by atoms with van der Waals surface area (Å²) in [6.45, 7) is 1.43. The van der Waals surface area contributed by atoms with Crippen LogP contribution in [0.2, 0.25) is 0 Å². The highest BCUT2D eigenvalue weighted by Crippen LogP contribution is 2.35. The summed E-state index contributed by atoms with van der Waals surface area (Å²) in [5, 5.41) is 5.65. The monoisotopic (exact) mass is 419 g/mol. The summed E-state index contributed by atoms with van der Waals surface area (Å²) < 4.78 is 40.3. The molecule has 1 aromatic rings. The molecule has 0 bridgehead atoms. The van der Waals surface area contributed by atoms with E-state index in [-0.39, 0.29) is 30.8 Å². The topological polar surface area (TPSA) is 44.4 Å². The van der Waals surface area contributed by atoms with Crippen molar-refractivity contribution in [2.45, 2.75) is 43.8 Å². The highest BCUT2D eigenvalue weighted by Gasteiger charge is 2.44. The Morgan fingerprint density at radius 3 is 2.29 bits per heavy atom. The molecule has 3 rings (SSSR count). The molecule has 1 aromatic carbocycles. The van der Waals surface area contributed by atoms with Crippen molar-refractivity contribution in [2.24, 2.45) is 5.92 Å². The van der Waals surface area contributed by atoms with E-state index in [0.29, 0.717) is 32.1 Å². The van der Waals surface area contributed by atoms with E-state index in [0.717, 1.165) is 25.7 Å². The molecule has 2 fully saturated rings. The number of rotatable bonds is 5. The third-order valence-electron chi connectivity index (χ3n) is 5.81. The molecule has 28 heavy (non-hydrogen) atoms. The summed E-state index contributed by atoms with van der Waals surface area (Å²) in [6.07, 6.45) is -1.06. The molecule has 1 aliphatic carbocycles. The Hall–Kier alpha value is -1.31. The smallest absolute Gasteiger partial charge is 0.354 e. The number of alkyl halides is 3. The highest BCUT2D eigenvalue weighted by molar-refractivity contribution is 5.85. The van der Waals surface area contributed by atoms with Crippen molar-refractivity contribution in [3.05, 3.63) is 35.9 Å². The van der Waals surface area contributed by atoms with E-state index in [1.165, 1.54) is 10.5 Å². The van der Waals surface area contributed by atoms with Crippen molar-refractivity contribution in [2.75, 3.05) is 32.7 Å². The first kappa shape index (κ1) is 23.0. The fourth-order valence-corrected chi connectivity index (χ4v) is 4.20. The molecule has 1 heterocycles. The fraction of sp³-hybridized carbons (Fsp3) is 0.650. The number of piperazine rings is 1. The lowest BCUT2D eigenvalue weighted by Gasteiger charge is -2.36. The third-order valence-corrected chi connectivity index (χ3v) is 5.81. The lowest BCUT2D eigenvalue weighted by Crippen LogP contribution is -2.57. The molecular weight excluding hydrogens is 391 g/mol. The van der Waals surface area contributed by atoms with E-state index in [1.807, 2.05) is 18.2 Å². The molecule has 2 aliphatic rings. The molecule has 1 saturated heterocycles. The van der Waals surface area contributed by atoms with Gasteiger partial charge >= 0.3 is 6.18 Å². The zero-order valence-corrected chi connectivity index (χ0v) is 16.7. The summed E-state index contributed by atoms with van der Waals surface area (Å²) in [6, 6.07) is 8.62. The summed E-state index contributed by atoms with van der Waals surface area (Å²) >= 11 is 0. The molecule has 0 aromatic heterocycles. The van der Waals surface area contributed by atoms with Crippen LogP contribution >= 0.6 is 12.4 Å². The van der Waals surface area contributed by atoms with E-state index in [9.17, 15) is 18.0 Å². The van der Waals surface area contributed by atoms with E-state index in [1.54, 1.807) is 0 Å². The van der Waals surface area contributed by atoms with Crippen molar-refractivity contribution >= 4 is 18.3 Å². The second-order valence-corrected chi connectivity index (χ2v) is 7.55. The van der Waals surface area contributed by atoms with Crippen LogP contribution in [0.4, 0.5) is 13.2 Å². The number of carbonyl (C=O) groups is 1. The minimum atomic E-state index is -4.34. The van der Waals surface area contributed by atoms with Crippen LogP contribution in [0.25, 0.3) is 0 Å². The predicted octanol–water partition coefficient (Wildman–Crippen LogP) is 3.33. The van der Waals surface area contributed by atoms with E-state index in [4.69, 9.17) is 0 Å². The van der Waals surface area contributed by atoms with E-state index in [2.05, 4.69) is 22.8 Å². The Labute approximate surface area is 170 Å². The van der Waals surface area contributed by atoms with Gasteiger partial charge in [0.15, 0.2) is 0 Å². The molecule has 1 saturated carbocycles. The van der Waals surface area contributed by atoms with Gasteiger partial charge in [0.1, 0.15) is 6.04 Å². The average molecular weight is 420 g/mol. The van der Waals surface area contributed by atoms with Crippen molar-refractivity contribution < 1.29 is 18.0 Å². The van der Waals surface area contributed by atoms with Crippen LogP contribution in [-0.2, 0) is 4.79 Å². The van der Waals surface area contributed by atoms with Gasteiger partial charge in [-0.1, -0.05) is 30.3 Å². The number of hydrogen-bond donors (Lipinski definition) is 2. The summed E-state index contributed by atoms with van der Waals surface area (Å²) in [4.78, 5) is 13.9. The molecule has 0 spiro atoms. The number of amides is 1. The van der Waals surface area contributed by atoms with Gasteiger partial charge in [0, 0.05) is 38.6 Å². The predicted molar refractivity (Wildman–Crippen MR) is 106 cm³/mol. The number of carbonyl (C=O) groups excluding carboxylic acids is 1. The number of benzene rings is 1. The van der Waals surface area contributed by atoms with Gasteiger partial charge in [-0.3, -0.25) is 9.69 Å². The van der Waals surface area contributed by atoms with Gasteiger partial charge in [-0.15, -0.1) is 12.4 Å². The van der Waals surface area contributed by atoms with Crippen molar-refractivity contribution in [1.29, 1.82) is 0 Å². The van der Waals surface area contributed by atoms with E-state index >= 15 is 0 Å². The Morgan fingerprint density at radius 1 is 1.11 bits per heavy atom. The zero-order valence-electron chi connectivity index (χ0n) is 15.9. The summed E-state index contributed by atoms with van der Waals surface area (Å²) in [7, 11) is 0. The third kappa shape index (κ3) is 6.09. The van der Waals surface area contributed by atoms with Gasteiger partial charge in [-0.25, -0.2) is 0 Å². The SMILES string of the molecule is Cl.O=C(NCC(N1CCNCC1)C(F)(F)F)C1CCC(c2ccccc2)CC1. The molecule has 4 nitrogen and oxygen atoms in total. The Morgan fingerprint density at radius 2 is 1.71 bits per heavy atom. The van der Waals surface area contributed by atoms with Gasteiger partial charge in [0.25, 0.3) is 0 Å². The molecule has 1 amide bonds. The molecule has 8 heteroatoms. The minimum absolute atomic E-state index is 0. The van der Waals surface area contributed by atoms with Gasteiger partial charge in [0.05, 0.1) is 0 Å². The number of nitrogens with zero attached hydrogens (tertiary/aromatic N) is 1. The minimum Gasteiger partial charge on any atom is -0.354 e. The Kier molecular flexibility index (Phi) is 8.58. The maximum Gasteiger partial charge on any atom is 0.405 e. The van der Waals surface area contributed by atoms with Gasteiger partial charge in [-0.2, -0.15) is 13.2 Å². The van der Waals surface area contributed by atoms with Gasteiger partial charge in [-0.05, 0) is 37.2 Å². The summed E-state index contributed by atoms with van der Waals surface area (Å²) in [5.74, 6) is 0.0341. The maximum absolute atomic E-state index is 13.4. The van der Waals surface area contributed by atoms with Crippen LogP contribution in [0.3, 0.4) is 0 Å². The quantitative estimate of drug-likeness (QED) is 0.769. The van der Waals surface area contributed by atoms with Crippen molar-refractivity contribution in [3.8, 4) is 0 Å². The Balaban J connectivity index is 0.00000280. The average Bonchev–Trinajstić information content (AvgIpc) is 2.68. The molecule has 1 aliphatic heterocycles. The lowest BCUT2D eigenvalue weighted by atomic mass is 9.78. The second kappa shape index (κ2) is 10.5. The van der Waals surface area contributed by atoms with E-state index < -0.39 is 12.2 Å². The molecule has 2 N–H and O–H groups in total. The first-order valence-electron chi connectivity index (χ1n) is 9.79. The molecule has 0 radical (unpaired) electrons. The van der Waals surface area contributed by atoms with Gasteiger partial charge < -0.3 is 10.6 Å². The summed E-state index contributed by atoms with van der Waals surface area (Å²) in [5.41, 5.74) is 1.28. The fourth-order valence-electron chi connectivity index (χ4n) is 4.20. The molecular formula is C20H29ClF3N3O. The highest BCUT2D eigenvalue weighted by atomic mass is 35.5. The first-order valence-corrected chi connectivity index (χ1v) is 9.79. The number of halogens is 4. The molecule has 158 valence electrons.